The minimum Gasteiger partial charge on any atom is -0.103 e. The van der Waals surface area contributed by atoms with Crippen molar-refractivity contribution in [3.63, 3.8) is 0 Å². The molecule has 0 radical (unpaired) electrons. The van der Waals surface area contributed by atoms with Gasteiger partial charge in [-0.2, -0.15) is 0 Å². The van der Waals surface area contributed by atoms with Crippen molar-refractivity contribution < 1.29 is 0 Å². The van der Waals surface area contributed by atoms with E-state index in [2.05, 4.69) is 103 Å². The van der Waals surface area contributed by atoms with Gasteiger partial charge in [-0.25, -0.2) is 0 Å². The summed E-state index contributed by atoms with van der Waals surface area (Å²) >= 11 is 0. The van der Waals surface area contributed by atoms with Crippen LogP contribution in [0.4, 0.5) is 0 Å². The zero-order chi connectivity index (χ0) is 35.2. The Morgan fingerprint density at radius 3 is 0.854 bits per heavy atom. The zero-order valence-electron chi connectivity index (χ0n) is 34.8. The third-order valence-electron chi connectivity index (χ3n) is 18.1. The van der Waals surface area contributed by atoms with Gasteiger partial charge in [-0.1, -0.05) is 96.1 Å². The van der Waals surface area contributed by atoms with Gasteiger partial charge in [0.15, 0.2) is 0 Å². The summed E-state index contributed by atoms with van der Waals surface area (Å²) in [6.07, 6.45) is 23.2. The van der Waals surface area contributed by atoms with Crippen molar-refractivity contribution in [3.8, 4) is 0 Å². The van der Waals surface area contributed by atoms with Crippen LogP contribution in [-0.2, 0) is 0 Å². The average molecular weight is 661 g/mol. The quantitative estimate of drug-likeness (QED) is 0.257. The van der Waals surface area contributed by atoms with Crippen LogP contribution < -0.4 is 0 Å². The summed E-state index contributed by atoms with van der Waals surface area (Å²) in [5, 5.41) is 0. The van der Waals surface area contributed by atoms with Crippen molar-refractivity contribution in [2.75, 3.05) is 0 Å². The van der Waals surface area contributed by atoms with Gasteiger partial charge in [-0.05, 0) is 200 Å². The molecule has 6 aliphatic rings. The number of hydrogen-bond acceptors (Lipinski definition) is 0. The standard InChI is InChI=1S/C48H84/c1-15-16-25-48(14,42-38-26-30(44(2,3)4)17-21-34(38)35-22-18-31(27-39(35)42)45(5,6)7)43-40-28-32(46(8,9)10)19-23-36(40)37-24-20-33(29-41(37)43)47(11,12)13/h15,30-43H,1,16-29H2,2-14H3. The first-order valence-electron chi connectivity index (χ1n) is 21.8. The van der Waals surface area contributed by atoms with Crippen LogP contribution in [0.2, 0.25) is 0 Å². The van der Waals surface area contributed by atoms with E-state index in [9.17, 15) is 0 Å². The summed E-state index contributed by atoms with van der Waals surface area (Å²) in [6.45, 7) is 38.4. The summed E-state index contributed by atoms with van der Waals surface area (Å²) in [6, 6.07) is 0. The molecule has 0 N–H and O–H groups in total. The van der Waals surface area contributed by atoms with Gasteiger partial charge in [0.1, 0.15) is 0 Å². The van der Waals surface area contributed by atoms with E-state index < -0.39 is 0 Å². The molecule has 0 heterocycles. The Labute approximate surface area is 301 Å². The second kappa shape index (κ2) is 13.0. The Morgan fingerprint density at radius 1 is 0.396 bits per heavy atom. The lowest BCUT2D eigenvalue weighted by Crippen LogP contribution is -2.49. The molecule has 48 heavy (non-hydrogen) atoms. The fourth-order valence-electron chi connectivity index (χ4n) is 15.4. The van der Waals surface area contributed by atoms with Gasteiger partial charge in [0.05, 0.1) is 0 Å². The lowest BCUT2D eigenvalue weighted by atomic mass is 9.50. The lowest BCUT2D eigenvalue weighted by Gasteiger charge is -2.55. The average Bonchev–Trinajstić information content (AvgIpc) is 3.50. The van der Waals surface area contributed by atoms with Crippen LogP contribution in [0, 0.1) is 110 Å². The third kappa shape index (κ3) is 6.72. The Hall–Kier alpha value is -0.260. The maximum Gasteiger partial charge on any atom is -0.0255 e. The molecule has 0 aliphatic heterocycles. The number of rotatable bonds is 5. The van der Waals surface area contributed by atoms with Crippen molar-refractivity contribution in [1.82, 2.24) is 0 Å². The van der Waals surface area contributed by atoms with E-state index in [4.69, 9.17) is 0 Å². The Morgan fingerprint density at radius 2 is 0.646 bits per heavy atom. The summed E-state index contributed by atoms with van der Waals surface area (Å²) in [5.41, 5.74) is 2.17. The first-order chi connectivity index (χ1) is 22.2. The van der Waals surface area contributed by atoms with E-state index in [0.29, 0.717) is 27.1 Å². The lowest BCUT2D eigenvalue weighted by molar-refractivity contribution is -0.0662. The predicted molar refractivity (Wildman–Crippen MR) is 210 cm³/mol. The third-order valence-corrected chi connectivity index (χ3v) is 18.1. The van der Waals surface area contributed by atoms with E-state index in [0.717, 1.165) is 82.9 Å². The molecule has 0 heteroatoms. The van der Waals surface area contributed by atoms with E-state index in [1.54, 1.807) is 0 Å². The second-order valence-electron chi connectivity index (χ2n) is 24.2. The predicted octanol–water partition coefficient (Wildman–Crippen LogP) is 14.5. The molecule has 12 atom stereocenters. The zero-order valence-corrected chi connectivity index (χ0v) is 34.8. The van der Waals surface area contributed by atoms with Gasteiger partial charge in [0.2, 0.25) is 0 Å². The van der Waals surface area contributed by atoms with Crippen LogP contribution in [0.15, 0.2) is 12.7 Å². The molecule has 0 saturated heterocycles. The molecule has 12 unspecified atom stereocenters. The van der Waals surface area contributed by atoms with Gasteiger partial charge in [0, 0.05) is 0 Å². The van der Waals surface area contributed by atoms with E-state index in [-0.39, 0.29) is 0 Å². The fourth-order valence-corrected chi connectivity index (χ4v) is 15.4. The molecule has 6 aliphatic carbocycles. The number of allylic oxidation sites excluding steroid dienone is 1. The van der Waals surface area contributed by atoms with Crippen molar-refractivity contribution in [3.05, 3.63) is 12.7 Å². The topological polar surface area (TPSA) is 0 Å². The minimum atomic E-state index is 0.429. The molecule has 0 spiro atoms. The molecular weight excluding hydrogens is 577 g/mol. The highest BCUT2D eigenvalue weighted by molar-refractivity contribution is 5.15. The number of hydrogen-bond donors (Lipinski definition) is 0. The molecule has 0 bridgehead atoms. The van der Waals surface area contributed by atoms with E-state index in [1.807, 2.05) is 0 Å². The summed E-state index contributed by atoms with van der Waals surface area (Å²) < 4.78 is 0. The Kier molecular flexibility index (Phi) is 10.2. The summed E-state index contributed by atoms with van der Waals surface area (Å²) in [5.74, 6) is 13.2. The molecule has 0 amide bonds. The maximum absolute atomic E-state index is 4.42. The monoisotopic (exact) mass is 661 g/mol. The van der Waals surface area contributed by atoms with E-state index >= 15 is 0 Å². The normalized spacial score (nSPS) is 45.0. The number of fused-ring (bicyclic) bond motifs is 6. The van der Waals surface area contributed by atoms with Crippen molar-refractivity contribution in [1.29, 1.82) is 0 Å². The van der Waals surface area contributed by atoms with Gasteiger partial charge < -0.3 is 0 Å². The van der Waals surface area contributed by atoms with Crippen LogP contribution in [-0.4, -0.2) is 0 Å². The highest BCUT2D eigenvalue weighted by atomic mass is 14.7. The molecule has 6 rings (SSSR count). The summed E-state index contributed by atoms with van der Waals surface area (Å²) in [4.78, 5) is 0. The molecule has 0 nitrogen and oxygen atoms in total. The van der Waals surface area contributed by atoms with Crippen molar-refractivity contribution in [2.45, 2.75) is 180 Å². The highest BCUT2D eigenvalue weighted by Crippen LogP contribution is 2.73. The first-order valence-corrected chi connectivity index (χ1v) is 21.8. The Bertz CT molecular complexity index is 955. The van der Waals surface area contributed by atoms with Crippen molar-refractivity contribution >= 4 is 0 Å². The maximum atomic E-state index is 4.42. The van der Waals surface area contributed by atoms with Gasteiger partial charge >= 0.3 is 0 Å². The van der Waals surface area contributed by atoms with E-state index in [1.165, 1.54) is 89.9 Å². The largest absolute Gasteiger partial charge is 0.103 e. The first kappa shape index (κ1) is 37.5. The molecular formula is C48H84. The van der Waals surface area contributed by atoms with Crippen LogP contribution in [0.5, 0.6) is 0 Å². The highest BCUT2D eigenvalue weighted by Gasteiger charge is 2.66. The molecule has 0 aromatic rings. The fraction of sp³-hybridized carbons (Fsp3) is 0.958. The second-order valence-corrected chi connectivity index (χ2v) is 24.2. The van der Waals surface area contributed by atoms with Crippen LogP contribution >= 0.6 is 0 Å². The smallest absolute Gasteiger partial charge is 0.0255 e. The SMILES string of the molecule is C=CCCC(C)(C1C2CC(C(C)(C)C)CCC2C2CCC(C(C)(C)C)CC21)C1C2CC(C(C)(C)C)CCC2C2CCC(C(C)(C)C)CC21. The Balaban J connectivity index is 1.48. The molecule has 0 aromatic heterocycles. The molecule has 6 saturated carbocycles. The van der Waals surface area contributed by atoms with Crippen LogP contribution in [0.1, 0.15) is 180 Å². The van der Waals surface area contributed by atoms with Gasteiger partial charge in [-0.15, -0.1) is 6.58 Å². The minimum absolute atomic E-state index is 0.429. The molecule has 6 fully saturated rings. The van der Waals surface area contributed by atoms with Crippen molar-refractivity contribution in [2.24, 2.45) is 110 Å². The van der Waals surface area contributed by atoms with Gasteiger partial charge in [-0.3, -0.25) is 0 Å². The molecule has 276 valence electrons. The van der Waals surface area contributed by atoms with Crippen LogP contribution in [0.25, 0.3) is 0 Å². The van der Waals surface area contributed by atoms with Crippen LogP contribution in [0.3, 0.4) is 0 Å². The van der Waals surface area contributed by atoms with Gasteiger partial charge in [0.25, 0.3) is 0 Å². The molecule has 0 aromatic carbocycles. The summed E-state index contributed by atoms with van der Waals surface area (Å²) in [7, 11) is 0.